The lowest BCUT2D eigenvalue weighted by atomic mass is 10.2. The predicted molar refractivity (Wildman–Crippen MR) is 64.1 cm³/mol. The first-order valence-electron chi connectivity index (χ1n) is 5.88. The molecule has 1 amide bonds. The van der Waals surface area contributed by atoms with Crippen molar-refractivity contribution in [3.8, 4) is 0 Å². The van der Waals surface area contributed by atoms with Gasteiger partial charge in [-0.05, 0) is 6.42 Å². The summed E-state index contributed by atoms with van der Waals surface area (Å²) in [6.45, 7) is 1.88. The van der Waals surface area contributed by atoms with E-state index in [2.05, 4.69) is 12.7 Å². The van der Waals surface area contributed by atoms with Crippen LogP contribution in [0.4, 0.5) is 0 Å². The molecule has 0 radical (unpaired) electrons. The Morgan fingerprint density at radius 1 is 1.12 bits per heavy atom. The van der Waals surface area contributed by atoms with Crippen LogP contribution in [0.25, 0.3) is 0 Å². The van der Waals surface area contributed by atoms with Crippen LogP contribution in [0.2, 0.25) is 0 Å². The third-order valence-corrected chi connectivity index (χ3v) is 2.10. The molecule has 0 heterocycles. The molecule has 0 saturated heterocycles. The van der Waals surface area contributed by atoms with E-state index in [9.17, 15) is 4.79 Å². The van der Waals surface area contributed by atoms with Gasteiger partial charge in [-0.2, -0.15) is 0 Å². The van der Waals surface area contributed by atoms with E-state index in [4.69, 9.17) is 20.4 Å². The number of carbonyl (C=O) groups is 1. The van der Waals surface area contributed by atoms with E-state index in [1.165, 1.54) is 25.7 Å². The van der Waals surface area contributed by atoms with Gasteiger partial charge in [0.05, 0.1) is 6.61 Å². The summed E-state index contributed by atoms with van der Waals surface area (Å²) >= 11 is 0. The van der Waals surface area contributed by atoms with Crippen LogP contribution in [0.15, 0.2) is 0 Å². The number of nitrogens with two attached hydrogens (primary N) is 1. The summed E-state index contributed by atoms with van der Waals surface area (Å²) < 4.78 is 0. The number of hydrogen-bond acceptors (Lipinski definition) is 5. The minimum Gasteiger partial charge on any atom is -0.396 e. The summed E-state index contributed by atoms with van der Waals surface area (Å²) in [5, 5.41) is 33.5. The molecule has 0 spiro atoms. The average Bonchev–Trinajstić information content (AvgIpc) is 2.33. The summed E-state index contributed by atoms with van der Waals surface area (Å²) in [7, 11) is 0. The monoisotopic (exact) mass is 251 g/mol. The largest absolute Gasteiger partial charge is 0.396 e. The average molecular weight is 251 g/mol. The Balaban J connectivity index is 0. The highest BCUT2D eigenvalue weighted by molar-refractivity contribution is 5.79. The molecule has 0 saturated carbocycles. The van der Waals surface area contributed by atoms with Gasteiger partial charge in [0, 0.05) is 6.61 Å². The van der Waals surface area contributed by atoms with Crippen LogP contribution in [0.1, 0.15) is 39.0 Å². The van der Waals surface area contributed by atoms with E-state index in [-0.39, 0.29) is 0 Å². The Morgan fingerprint density at radius 2 is 1.65 bits per heavy atom. The number of rotatable bonds is 8. The molecule has 0 aromatic heterocycles. The molecular weight excluding hydrogens is 226 g/mol. The van der Waals surface area contributed by atoms with Crippen molar-refractivity contribution in [2.45, 2.75) is 51.2 Å². The van der Waals surface area contributed by atoms with Crippen molar-refractivity contribution in [1.82, 2.24) is 0 Å². The number of aliphatic hydroxyl groups excluding tert-OH is 4. The van der Waals surface area contributed by atoms with Crippen LogP contribution >= 0.6 is 0 Å². The molecule has 0 aliphatic carbocycles. The summed E-state index contributed by atoms with van der Waals surface area (Å²) in [5.41, 5.74) is 4.55. The molecule has 6 heteroatoms. The lowest BCUT2D eigenvalue weighted by molar-refractivity contribution is -0.133. The zero-order valence-corrected chi connectivity index (χ0v) is 10.4. The Bertz CT molecular complexity index is 171. The molecule has 0 fully saturated rings. The number of hydrogen-bond donors (Lipinski definition) is 5. The normalized spacial score (nSPS) is 13.5. The van der Waals surface area contributed by atoms with Gasteiger partial charge in [0.1, 0.15) is 6.10 Å². The lowest BCUT2D eigenvalue weighted by Crippen LogP contribution is -2.40. The third kappa shape index (κ3) is 13.2. The van der Waals surface area contributed by atoms with Gasteiger partial charge < -0.3 is 26.2 Å². The number of aliphatic hydroxyl groups is 4. The van der Waals surface area contributed by atoms with Crippen LogP contribution in [0.3, 0.4) is 0 Å². The quantitative estimate of drug-likeness (QED) is 0.359. The topological polar surface area (TPSA) is 124 Å². The van der Waals surface area contributed by atoms with Crippen molar-refractivity contribution in [3.63, 3.8) is 0 Å². The van der Waals surface area contributed by atoms with Gasteiger partial charge in [-0.1, -0.05) is 32.6 Å². The lowest BCUT2D eigenvalue weighted by Gasteiger charge is -2.10. The Morgan fingerprint density at radius 3 is 1.94 bits per heavy atom. The van der Waals surface area contributed by atoms with Gasteiger partial charge in [-0.3, -0.25) is 4.79 Å². The molecule has 2 atom stereocenters. The van der Waals surface area contributed by atoms with Crippen molar-refractivity contribution >= 4 is 5.91 Å². The molecule has 104 valence electrons. The molecular formula is C11H25NO5. The molecule has 6 N–H and O–H groups in total. The first-order chi connectivity index (χ1) is 8.01. The standard InChI is InChI=1S/C7H16O.C4H9NO4/c1-2-3-4-5-6-7-8;5-4(9)3(8)2(7)1-6/h8H,2-7H2,1H3;2-3,6-8H,1H2,(H2,5,9)/t;2-,3-/m.1/s1. The molecule has 0 unspecified atom stereocenters. The van der Waals surface area contributed by atoms with Crippen molar-refractivity contribution in [2.75, 3.05) is 13.2 Å². The van der Waals surface area contributed by atoms with Crippen molar-refractivity contribution in [2.24, 2.45) is 5.73 Å². The summed E-state index contributed by atoms with van der Waals surface area (Å²) in [4.78, 5) is 10.0. The highest BCUT2D eigenvalue weighted by atomic mass is 16.4. The van der Waals surface area contributed by atoms with Gasteiger partial charge in [0.2, 0.25) is 5.91 Å². The van der Waals surface area contributed by atoms with Crippen LogP contribution in [-0.4, -0.2) is 51.8 Å². The van der Waals surface area contributed by atoms with Crippen molar-refractivity contribution in [3.05, 3.63) is 0 Å². The SMILES string of the molecule is CCCCCCCO.NC(=O)[C@H](O)[C@H](O)CO. The fourth-order valence-electron chi connectivity index (χ4n) is 1.00. The number of primary amides is 1. The second-order valence-electron chi connectivity index (χ2n) is 3.73. The molecule has 17 heavy (non-hydrogen) atoms. The minimum atomic E-state index is -1.67. The predicted octanol–water partition coefficient (Wildman–Crippen LogP) is -0.865. The molecule has 6 nitrogen and oxygen atoms in total. The van der Waals surface area contributed by atoms with Gasteiger partial charge in [-0.25, -0.2) is 0 Å². The van der Waals surface area contributed by atoms with Crippen LogP contribution in [-0.2, 0) is 4.79 Å². The second-order valence-corrected chi connectivity index (χ2v) is 3.73. The smallest absolute Gasteiger partial charge is 0.249 e. The molecule has 0 rings (SSSR count). The molecule has 0 aliphatic rings. The maximum absolute atomic E-state index is 10.0. The van der Waals surface area contributed by atoms with Gasteiger partial charge >= 0.3 is 0 Å². The van der Waals surface area contributed by atoms with E-state index >= 15 is 0 Å². The first kappa shape index (κ1) is 18.7. The molecule has 0 bridgehead atoms. The van der Waals surface area contributed by atoms with Gasteiger partial charge in [-0.15, -0.1) is 0 Å². The van der Waals surface area contributed by atoms with E-state index in [1.807, 2.05) is 0 Å². The Hall–Kier alpha value is -0.690. The summed E-state index contributed by atoms with van der Waals surface area (Å²) in [6.07, 6.45) is 2.94. The maximum atomic E-state index is 10.0. The zero-order valence-electron chi connectivity index (χ0n) is 10.4. The van der Waals surface area contributed by atoms with E-state index in [1.54, 1.807) is 0 Å². The molecule has 0 aromatic rings. The molecule has 0 aliphatic heterocycles. The maximum Gasteiger partial charge on any atom is 0.249 e. The van der Waals surface area contributed by atoms with E-state index < -0.39 is 24.7 Å². The summed E-state index contributed by atoms with van der Waals surface area (Å²) in [6, 6.07) is 0. The Kier molecular flexibility index (Phi) is 14.7. The van der Waals surface area contributed by atoms with Gasteiger partial charge in [0.25, 0.3) is 0 Å². The zero-order chi connectivity index (χ0) is 13.7. The first-order valence-corrected chi connectivity index (χ1v) is 5.88. The van der Waals surface area contributed by atoms with Crippen molar-refractivity contribution < 1.29 is 25.2 Å². The van der Waals surface area contributed by atoms with Crippen LogP contribution in [0, 0.1) is 0 Å². The number of unbranched alkanes of at least 4 members (excludes halogenated alkanes) is 4. The van der Waals surface area contributed by atoms with Gasteiger partial charge in [0.15, 0.2) is 6.10 Å². The Labute approximate surface area is 102 Å². The van der Waals surface area contributed by atoms with E-state index in [0.717, 1.165) is 6.42 Å². The fraction of sp³-hybridized carbons (Fsp3) is 0.909. The van der Waals surface area contributed by atoms with Crippen LogP contribution < -0.4 is 5.73 Å². The second kappa shape index (κ2) is 13.4. The molecule has 0 aromatic carbocycles. The number of carbonyl (C=O) groups excluding carboxylic acids is 1. The number of amides is 1. The van der Waals surface area contributed by atoms with Crippen molar-refractivity contribution in [1.29, 1.82) is 0 Å². The minimum absolute atomic E-state index is 0.365. The highest BCUT2D eigenvalue weighted by Gasteiger charge is 2.19. The summed E-state index contributed by atoms with van der Waals surface area (Å²) in [5.74, 6) is -1.04. The highest BCUT2D eigenvalue weighted by Crippen LogP contribution is 2.00. The van der Waals surface area contributed by atoms with Crippen LogP contribution in [0.5, 0.6) is 0 Å². The fourth-order valence-corrected chi connectivity index (χ4v) is 1.00. The van der Waals surface area contributed by atoms with E-state index in [0.29, 0.717) is 6.61 Å². The third-order valence-electron chi connectivity index (χ3n) is 2.10.